The Balaban J connectivity index is 1.44. The zero-order chi connectivity index (χ0) is 25.1. The Morgan fingerprint density at radius 3 is 2.26 bits per heavy atom. The first-order valence-corrected chi connectivity index (χ1v) is 12.6. The molecule has 3 atom stereocenters. The van der Waals surface area contributed by atoms with Gasteiger partial charge in [-0.1, -0.05) is 60.7 Å². The highest BCUT2D eigenvalue weighted by Gasteiger charge is 2.52. The Morgan fingerprint density at radius 2 is 1.69 bits per heavy atom. The first-order chi connectivity index (χ1) is 16.7. The number of carbonyl (C=O) groups excluding carboxylic acids is 2. The third-order valence-electron chi connectivity index (χ3n) is 6.97. The maximum Gasteiger partial charge on any atom is 0.410 e. The molecule has 0 bridgehead atoms. The number of ether oxygens (including phenoxy) is 2. The van der Waals surface area contributed by atoms with Crippen molar-refractivity contribution in [3.8, 4) is 0 Å². The van der Waals surface area contributed by atoms with Crippen LogP contribution in [0.25, 0.3) is 0 Å². The van der Waals surface area contributed by atoms with Crippen LogP contribution in [0.4, 0.5) is 4.79 Å². The van der Waals surface area contributed by atoms with Crippen molar-refractivity contribution < 1.29 is 19.1 Å². The smallest absolute Gasteiger partial charge is 0.410 e. The topological polar surface area (TPSA) is 67.9 Å². The van der Waals surface area contributed by atoms with Crippen molar-refractivity contribution in [3.63, 3.8) is 0 Å². The fraction of sp³-hybridized carbons (Fsp3) is 0.517. The number of nitrogens with zero attached hydrogens (tertiary/aromatic N) is 1. The van der Waals surface area contributed by atoms with Gasteiger partial charge in [-0.15, -0.1) is 0 Å². The van der Waals surface area contributed by atoms with Crippen LogP contribution in [0.5, 0.6) is 0 Å². The van der Waals surface area contributed by atoms with Crippen LogP contribution >= 0.6 is 0 Å². The Kier molecular flexibility index (Phi) is 7.50. The molecule has 0 radical (unpaired) electrons. The largest absolute Gasteiger partial charge is 0.468 e. The average Bonchev–Trinajstić information content (AvgIpc) is 3.76. The van der Waals surface area contributed by atoms with Crippen LogP contribution in [0.3, 0.4) is 0 Å². The van der Waals surface area contributed by atoms with E-state index in [2.05, 4.69) is 29.6 Å². The standard InChI is InChI=1S/C29H38N2O4/c1-28(2,3)35-27(33)31(25-18-23(25)22-13-9-6-10-14-22)20-29(15-16-29)19-30-24(26(32)34-4)17-21-11-7-5-8-12-21/h5-14,23-25,30H,15-20H2,1-4H3/t23-,24-,25+/m0/s1. The van der Waals surface area contributed by atoms with E-state index in [0.29, 0.717) is 25.4 Å². The number of carbonyl (C=O) groups is 2. The van der Waals surface area contributed by atoms with E-state index in [1.165, 1.54) is 12.7 Å². The molecule has 0 heterocycles. The van der Waals surface area contributed by atoms with Crippen molar-refractivity contribution in [2.45, 2.75) is 70.1 Å². The van der Waals surface area contributed by atoms with E-state index in [1.807, 2.05) is 62.1 Å². The predicted octanol–water partition coefficient (Wildman–Crippen LogP) is 4.93. The summed E-state index contributed by atoms with van der Waals surface area (Å²) in [5.41, 5.74) is 1.75. The number of hydrogen-bond donors (Lipinski definition) is 1. The molecule has 2 aromatic carbocycles. The molecule has 2 fully saturated rings. The number of hydrogen-bond acceptors (Lipinski definition) is 5. The molecule has 2 aromatic rings. The minimum Gasteiger partial charge on any atom is -0.468 e. The summed E-state index contributed by atoms with van der Waals surface area (Å²) in [7, 11) is 1.43. The fourth-order valence-corrected chi connectivity index (χ4v) is 4.72. The maximum absolute atomic E-state index is 13.3. The second-order valence-corrected chi connectivity index (χ2v) is 11.1. The van der Waals surface area contributed by atoms with E-state index in [-0.39, 0.29) is 23.5 Å². The number of methoxy groups -OCH3 is 1. The summed E-state index contributed by atoms with van der Waals surface area (Å²) in [6, 6.07) is 20.1. The summed E-state index contributed by atoms with van der Waals surface area (Å²) in [6.45, 7) is 7.00. The second-order valence-electron chi connectivity index (χ2n) is 11.1. The highest BCUT2D eigenvalue weighted by molar-refractivity contribution is 5.76. The molecule has 4 rings (SSSR count). The Labute approximate surface area is 209 Å². The molecule has 1 N–H and O–H groups in total. The zero-order valence-corrected chi connectivity index (χ0v) is 21.3. The SMILES string of the molecule is COC(=O)[C@H](Cc1ccccc1)NCC1(CN(C(=O)OC(C)(C)C)[C@@H]2C[C@H]2c2ccccc2)CC1. The van der Waals surface area contributed by atoms with Crippen molar-refractivity contribution in [2.75, 3.05) is 20.2 Å². The molecule has 0 spiro atoms. The lowest BCUT2D eigenvalue weighted by molar-refractivity contribution is -0.143. The van der Waals surface area contributed by atoms with Crippen LogP contribution in [0.2, 0.25) is 0 Å². The maximum atomic E-state index is 13.3. The van der Waals surface area contributed by atoms with Gasteiger partial charge in [0.15, 0.2) is 0 Å². The first kappa shape index (κ1) is 25.2. The van der Waals surface area contributed by atoms with Gasteiger partial charge in [0.2, 0.25) is 0 Å². The highest BCUT2D eigenvalue weighted by atomic mass is 16.6. The monoisotopic (exact) mass is 478 g/mol. The van der Waals surface area contributed by atoms with Gasteiger partial charge in [0, 0.05) is 30.5 Å². The predicted molar refractivity (Wildman–Crippen MR) is 136 cm³/mol. The molecule has 0 aliphatic heterocycles. The Bertz CT molecular complexity index is 998. The van der Waals surface area contributed by atoms with E-state index in [0.717, 1.165) is 24.8 Å². The number of nitrogens with one attached hydrogen (secondary N) is 1. The van der Waals surface area contributed by atoms with Crippen molar-refractivity contribution in [3.05, 3.63) is 71.8 Å². The number of benzene rings is 2. The summed E-state index contributed by atoms with van der Waals surface area (Å²) in [5.74, 6) is 0.0772. The lowest BCUT2D eigenvalue weighted by Crippen LogP contribution is -2.47. The van der Waals surface area contributed by atoms with Crippen LogP contribution in [-0.4, -0.2) is 54.8 Å². The van der Waals surface area contributed by atoms with Crippen LogP contribution < -0.4 is 5.32 Å². The zero-order valence-electron chi connectivity index (χ0n) is 21.3. The normalized spacial score (nSPS) is 21.0. The van der Waals surface area contributed by atoms with E-state index >= 15 is 0 Å². The van der Waals surface area contributed by atoms with Gasteiger partial charge in [-0.25, -0.2) is 4.79 Å². The molecule has 0 saturated heterocycles. The molecule has 2 saturated carbocycles. The van der Waals surface area contributed by atoms with Gasteiger partial charge in [0.05, 0.1) is 7.11 Å². The van der Waals surface area contributed by atoms with Gasteiger partial charge < -0.3 is 19.7 Å². The van der Waals surface area contributed by atoms with Gasteiger partial charge in [0.25, 0.3) is 0 Å². The fourth-order valence-electron chi connectivity index (χ4n) is 4.72. The van der Waals surface area contributed by atoms with Gasteiger partial charge >= 0.3 is 12.1 Å². The Morgan fingerprint density at radius 1 is 1.06 bits per heavy atom. The molecular formula is C29H38N2O4. The van der Waals surface area contributed by atoms with Crippen molar-refractivity contribution in [2.24, 2.45) is 5.41 Å². The van der Waals surface area contributed by atoms with Gasteiger partial charge in [-0.2, -0.15) is 0 Å². The second kappa shape index (κ2) is 10.4. The molecule has 0 aromatic heterocycles. The van der Waals surface area contributed by atoms with Crippen molar-refractivity contribution >= 4 is 12.1 Å². The third-order valence-corrected chi connectivity index (χ3v) is 6.97. The van der Waals surface area contributed by atoms with Crippen LogP contribution in [-0.2, 0) is 20.7 Å². The molecular weight excluding hydrogens is 440 g/mol. The van der Waals surface area contributed by atoms with Gasteiger partial charge in [0.1, 0.15) is 11.6 Å². The first-order valence-electron chi connectivity index (χ1n) is 12.6. The van der Waals surface area contributed by atoms with Gasteiger partial charge in [-0.3, -0.25) is 4.79 Å². The highest BCUT2D eigenvalue weighted by Crippen LogP contribution is 2.51. The van der Waals surface area contributed by atoms with Crippen LogP contribution in [0.15, 0.2) is 60.7 Å². The number of amides is 1. The lowest BCUT2D eigenvalue weighted by atomic mass is 10.0. The van der Waals surface area contributed by atoms with E-state index in [4.69, 9.17) is 9.47 Å². The molecule has 35 heavy (non-hydrogen) atoms. The number of rotatable bonds is 10. The molecule has 6 heteroatoms. The summed E-state index contributed by atoms with van der Waals surface area (Å²) in [4.78, 5) is 27.7. The molecule has 6 nitrogen and oxygen atoms in total. The molecule has 2 aliphatic carbocycles. The van der Waals surface area contributed by atoms with Gasteiger partial charge in [-0.05, 0) is 57.6 Å². The summed E-state index contributed by atoms with van der Waals surface area (Å²) in [6.07, 6.45) is 3.30. The lowest BCUT2D eigenvalue weighted by Gasteiger charge is -2.31. The van der Waals surface area contributed by atoms with E-state index in [9.17, 15) is 9.59 Å². The average molecular weight is 479 g/mol. The van der Waals surface area contributed by atoms with E-state index in [1.54, 1.807) is 0 Å². The number of esters is 1. The molecule has 188 valence electrons. The molecule has 2 aliphatic rings. The van der Waals surface area contributed by atoms with Crippen LogP contribution in [0, 0.1) is 5.41 Å². The van der Waals surface area contributed by atoms with Crippen molar-refractivity contribution in [1.82, 2.24) is 10.2 Å². The minimum absolute atomic E-state index is 0.0519. The molecule has 0 unspecified atom stereocenters. The Hall–Kier alpha value is -2.86. The van der Waals surface area contributed by atoms with Crippen molar-refractivity contribution in [1.29, 1.82) is 0 Å². The minimum atomic E-state index is -0.549. The quantitative estimate of drug-likeness (QED) is 0.490. The summed E-state index contributed by atoms with van der Waals surface area (Å²) >= 11 is 0. The van der Waals surface area contributed by atoms with E-state index < -0.39 is 11.6 Å². The van der Waals surface area contributed by atoms with Crippen LogP contribution in [0.1, 0.15) is 57.1 Å². The summed E-state index contributed by atoms with van der Waals surface area (Å²) < 4.78 is 10.9. The molecule has 1 amide bonds. The third kappa shape index (κ3) is 6.85. The summed E-state index contributed by atoms with van der Waals surface area (Å²) in [5, 5.41) is 3.46.